The normalized spacial score (nSPS) is 13.9. The van der Waals surface area contributed by atoms with Crippen LogP contribution in [-0.4, -0.2) is 75.7 Å². The average Bonchev–Trinajstić information content (AvgIpc) is 3.59. The van der Waals surface area contributed by atoms with Gasteiger partial charge >= 0.3 is 0 Å². The molecular weight excluding hydrogens is 577 g/mol. The number of nitrogen functional groups attached to an aromatic ring is 1. The van der Waals surface area contributed by atoms with Crippen molar-refractivity contribution in [2.45, 2.75) is 13.2 Å². The molecule has 0 atom stereocenters. The number of nitrogens with two attached hydrogens (primary N) is 1. The SMILES string of the molecule is COc1cc(/C=N\NC(=O)c2c(CN3CCOCC3)nnn2-c2nonc2N)ccc1OCc1ccc(Cl)cc1Cl. The largest absolute Gasteiger partial charge is 0.493 e. The van der Waals surface area contributed by atoms with E-state index in [2.05, 4.69) is 40.7 Å². The third kappa shape index (κ3) is 6.74. The number of amides is 1. The Morgan fingerprint density at radius 1 is 1.17 bits per heavy atom. The van der Waals surface area contributed by atoms with Crippen LogP contribution in [0.3, 0.4) is 0 Å². The van der Waals surface area contributed by atoms with Crippen LogP contribution in [0.4, 0.5) is 5.82 Å². The monoisotopic (exact) mass is 601 g/mol. The molecule has 2 aromatic heterocycles. The van der Waals surface area contributed by atoms with Crippen LogP contribution in [0.15, 0.2) is 46.1 Å². The maximum Gasteiger partial charge on any atom is 0.292 e. The molecule has 0 bridgehead atoms. The summed E-state index contributed by atoms with van der Waals surface area (Å²) in [4.78, 5) is 15.4. The van der Waals surface area contributed by atoms with Crippen LogP contribution in [0.1, 0.15) is 27.3 Å². The molecule has 16 heteroatoms. The first-order valence-electron chi connectivity index (χ1n) is 12.3. The van der Waals surface area contributed by atoms with Crippen LogP contribution in [0.25, 0.3) is 5.82 Å². The van der Waals surface area contributed by atoms with Crippen LogP contribution < -0.4 is 20.6 Å². The van der Waals surface area contributed by atoms with E-state index in [1.54, 1.807) is 36.4 Å². The number of halogens is 2. The molecule has 1 aliphatic rings. The minimum atomic E-state index is -0.580. The van der Waals surface area contributed by atoms with Gasteiger partial charge in [0.25, 0.3) is 5.91 Å². The predicted octanol–water partition coefficient (Wildman–Crippen LogP) is 2.72. The summed E-state index contributed by atoms with van der Waals surface area (Å²) in [6.45, 7) is 3.13. The lowest BCUT2D eigenvalue weighted by molar-refractivity contribution is 0.0335. The fraction of sp³-hybridized carbons (Fsp3) is 0.280. The topological polar surface area (TPSA) is 168 Å². The smallest absolute Gasteiger partial charge is 0.292 e. The Hall–Kier alpha value is -4.24. The minimum absolute atomic E-state index is 0.0417. The standard InChI is InChI=1S/C25H25Cl2N9O5/c1-38-21-10-15(2-5-20(21)40-14-16-3-4-17(26)11-18(16)27)12-29-31-25(37)22-19(13-35-6-8-39-9-7-35)30-34-36(22)24-23(28)32-41-33-24/h2-5,10-12H,6-9,13-14H2,1H3,(H2,28,32)(H,31,37)/b29-12-. The second kappa shape index (κ2) is 13.0. The molecule has 5 rings (SSSR count). The molecule has 0 radical (unpaired) electrons. The first-order chi connectivity index (χ1) is 19.9. The van der Waals surface area contributed by atoms with Gasteiger partial charge in [0.15, 0.2) is 17.2 Å². The summed E-state index contributed by atoms with van der Waals surface area (Å²) < 4.78 is 22.6. The Morgan fingerprint density at radius 2 is 2.00 bits per heavy atom. The van der Waals surface area contributed by atoms with E-state index in [4.69, 9.17) is 43.1 Å². The molecule has 214 valence electrons. The highest BCUT2D eigenvalue weighted by atomic mass is 35.5. The minimum Gasteiger partial charge on any atom is -0.493 e. The van der Waals surface area contributed by atoms with Gasteiger partial charge in [-0.1, -0.05) is 34.5 Å². The zero-order chi connectivity index (χ0) is 28.8. The lowest BCUT2D eigenvalue weighted by Gasteiger charge is -2.25. The first-order valence-corrected chi connectivity index (χ1v) is 13.1. The van der Waals surface area contributed by atoms with Gasteiger partial charge in [0.05, 0.1) is 26.5 Å². The van der Waals surface area contributed by atoms with Crippen molar-refractivity contribution < 1.29 is 23.6 Å². The summed E-state index contributed by atoms with van der Waals surface area (Å²) in [6, 6.07) is 10.4. The number of anilines is 1. The van der Waals surface area contributed by atoms with Crippen molar-refractivity contribution in [1.82, 2.24) is 35.6 Å². The van der Waals surface area contributed by atoms with Crippen LogP contribution in [0.5, 0.6) is 11.5 Å². The molecule has 0 aliphatic carbocycles. The van der Waals surface area contributed by atoms with Crippen molar-refractivity contribution in [2.75, 3.05) is 39.1 Å². The van der Waals surface area contributed by atoms with Gasteiger partial charge in [-0.15, -0.1) is 5.10 Å². The fourth-order valence-electron chi connectivity index (χ4n) is 4.00. The molecule has 1 aliphatic heterocycles. The number of aromatic nitrogens is 5. The zero-order valence-electron chi connectivity index (χ0n) is 21.8. The van der Waals surface area contributed by atoms with Crippen molar-refractivity contribution in [1.29, 1.82) is 0 Å². The van der Waals surface area contributed by atoms with E-state index >= 15 is 0 Å². The number of benzene rings is 2. The lowest BCUT2D eigenvalue weighted by Crippen LogP contribution is -2.36. The predicted molar refractivity (Wildman–Crippen MR) is 149 cm³/mol. The molecule has 1 saturated heterocycles. The molecule has 3 N–H and O–H groups in total. The molecule has 2 aromatic carbocycles. The van der Waals surface area contributed by atoms with E-state index in [9.17, 15) is 4.79 Å². The Morgan fingerprint density at radius 3 is 2.73 bits per heavy atom. The number of methoxy groups -OCH3 is 1. The van der Waals surface area contributed by atoms with Gasteiger partial charge in [-0.05, 0) is 46.2 Å². The summed E-state index contributed by atoms with van der Waals surface area (Å²) in [5.41, 5.74) is 10.3. The van der Waals surface area contributed by atoms with E-state index in [0.29, 0.717) is 65.6 Å². The van der Waals surface area contributed by atoms with Gasteiger partial charge in [0, 0.05) is 35.2 Å². The molecule has 14 nitrogen and oxygen atoms in total. The number of morpholine rings is 1. The summed E-state index contributed by atoms with van der Waals surface area (Å²) in [5.74, 6) is 0.387. The van der Waals surface area contributed by atoms with E-state index in [1.807, 2.05) is 0 Å². The number of nitrogens with zero attached hydrogens (tertiary/aromatic N) is 7. The molecule has 0 unspecified atom stereocenters. The van der Waals surface area contributed by atoms with Gasteiger partial charge in [0.1, 0.15) is 12.3 Å². The lowest BCUT2D eigenvalue weighted by atomic mass is 10.2. The summed E-state index contributed by atoms with van der Waals surface area (Å²) in [5, 5.41) is 20.7. The second-order valence-electron chi connectivity index (χ2n) is 8.79. The Bertz CT molecular complexity index is 1550. The number of rotatable bonds is 10. The molecule has 0 saturated carbocycles. The highest BCUT2D eigenvalue weighted by Gasteiger charge is 2.26. The average molecular weight is 602 g/mol. The van der Waals surface area contributed by atoms with E-state index in [0.717, 1.165) is 5.56 Å². The number of hydrazone groups is 1. The molecule has 0 spiro atoms. The number of hydrogen-bond acceptors (Lipinski definition) is 12. The van der Waals surface area contributed by atoms with Crippen molar-refractivity contribution in [3.05, 3.63) is 69.0 Å². The highest BCUT2D eigenvalue weighted by molar-refractivity contribution is 6.35. The third-order valence-corrected chi connectivity index (χ3v) is 6.68. The third-order valence-electron chi connectivity index (χ3n) is 6.09. The molecule has 4 aromatic rings. The summed E-state index contributed by atoms with van der Waals surface area (Å²) in [7, 11) is 1.52. The molecule has 41 heavy (non-hydrogen) atoms. The van der Waals surface area contributed by atoms with E-state index in [1.165, 1.54) is 18.0 Å². The number of nitrogens with one attached hydrogen (secondary N) is 1. The fourth-order valence-corrected chi connectivity index (χ4v) is 4.46. The number of ether oxygens (including phenoxy) is 3. The van der Waals surface area contributed by atoms with Crippen LogP contribution in [-0.2, 0) is 17.9 Å². The van der Waals surface area contributed by atoms with E-state index in [-0.39, 0.29) is 23.9 Å². The Kier molecular flexibility index (Phi) is 8.94. The zero-order valence-corrected chi connectivity index (χ0v) is 23.3. The van der Waals surface area contributed by atoms with Crippen LogP contribution >= 0.6 is 23.2 Å². The number of carbonyl (C=O) groups is 1. The molecular formula is C25H25Cl2N9O5. The highest BCUT2D eigenvalue weighted by Crippen LogP contribution is 2.30. The van der Waals surface area contributed by atoms with Crippen LogP contribution in [0.2, 0.25) is 10.0 Å². The number of hydrogen-bond donors (Lipinski definition) is 2. The van der Waals surface area contributed by atoms with Gasteiger partial charge in [-0.3, -0.25) is 9.69 Å². The van der Waals surface area contributed by atoms with Gasteiger partial charge < -0.3 is 19.9 Å². The molecule has 3 heterocycles. The van der Waals surface area contributed by atoms with Gasteiger partial charge in [-0.2, -0.15) is 9.78 Å². The summed E-state index contributed by atoms with van der Waals surface area (Å²) >= 11 is 12.2. The number of carbonyl (C=O) groups excluding carboxylic acids is 1. The summed E-state index contributed by atoms with van der Waals surface area (Å²) in [6.07, 6.45) is 1.46. The molecule has 1 amide bonds. The van der Waals surface area contributed by atoms with Crippen LogP contribution in [0, 0.1) is 0 Å². The van der Waals surface area contributed by atoms with Gasteiger partial charge in [-0.25, -0.2) is 10.1 Å². The van der Waals surface area contributed by atoms with E-state index < -0.39 is 5.91 Å². The maximum absolute atomic E-state index is 13.3. The van der Waals surface area contributed by atoms with Crippen molar-refractivity contribution in [3.63, 3.8) is 0 Å². The Balaban J connectivity index is 1.29. The quantitative estimate of drug-likeness (QED) is 0.202. The van der Waals surface area contributed by atoms with Gasteiger partial charge in [0.2, 0.25) is 11.6 Å². The van der Waals surface area contributed by atoms with Crippen molar-refractivity contribution in [3.8, 4) is 17.3 Å². The second-order valence-corrected chi connectivity index (χ2v) is 9.64. The molecule has 1 fully saturated rings. The maximum atomic E-state index is 13.3. The van der Waals surface area contributed by atoms with Crippen molar-refractivity contribution in [2.24, 2.45) is 5.10 Å². The Labute approximate surface area is 243 Å². The first kappa shape index (κ1) is 28.3. The van der Waals surface area contributed by atoms with Crippen molar-refractivity contribution >= 4 is 41.1 Å².